The van der Waals surface area contributed by atoms with Crippen LogP contribution in [0.3, 0.4) is 0 Å². The predicted octanol–water partition coefficient (Wildman–Crippen LogP) is 1.86. The van der Waals surface area contributed by atoms with Gasteiger partial charge >= 0.3 is 0 Å². The van der Waals surface area contributed by atoms with Crippen molar-refractivity contribution >= 4 is 34.5 Å². The molecule has 1 N–H and O–H groups in total. The Balaban J connectivity index is 2.43. The molecule has 2 rings (SSSR count). The molecule has 0 spiro atoms. The first-order valence-electron chi connectivity index (χ1n) is 4.53. The zero-order chi connectivity index (χ0) is 11.5. The van der Waals surface area contributed by atoms with Gasteiger partial charge in [0.2, 0.25) is 6.41 Å². The third-order valence-corrected chi connectivity index (χ3v) is 3.17. The molecule has 2 aromatic rings. The second-order valence-electron chi connectivity index (χ2n) is 3.16. The Hall–Kier alpha value is -1.46. The topological polar surface area (TPSA) is 45.9 Å². The SMILES string of the molecule is C[n+]1cccc(-c2nc(NC=O)sc2Cl)c1. The van der Waals surface area contributed by atoms with E-state index < -0.39 is 0 Å². The number of nitrogens with one attached hydrogen (secondary N) is 1. The van der Waals surface area contributed by atoms with Crippen molar-refractivity contribution < 1.29 is 9.36 Å². The first kappa shape index (κ1) is 11.0. The summed E-state index contributed by atoms with van der Waals surface area (Å²) in [6.07, 6.45) is 4.43. The highest BCUT2D eigenvalue weighted by Gasteiger charge is 2.13. The van der Waals surface area contributed by atoms with Crippen molar-refractivity contribution in [3.8, 4) is 11.3 Å². The minimum Gasteiger partial charge on any atom is -0.305 e. The molecule has 6 heteroatoms. The highest BCUT2D eigenvalue weighted by atomic mass is 35.5. The predicted molar refractivity (Wildman–Crippen MR) is 63.4 cm³/mol. The third-order valence-electron chi connectivity index (χ3n) is 1.98. The number of rotatable bonds is 3. The minimum absolute atomic E-state index is 0.501. The number of amides is 1. The van der Waals surface area contributed by atoms with Crippen LogP contribution in [0.5, 0.6) is 0 Å². The molecule has 0 atom stereocenters. The molecule has 0 saturated heterocycles. The van der Waals surface area contributed by atoms with Gasteiger partial charge in [-0.25, -0.2) is 9.55 Å². The Morgan fingerprint density at radius 2 is 2.44 bits per heavy atom. The molecule has 0 aliphatic carbocycles. The molecule has 0 radical (unpaired) electrons. The molecule has 0 saturated carbocycles. The molecular formula is C10H9ClN3OS+. The summed E-state index contributed by atoms with van der Waals surface area (Å²) >= 11 is 7.30. The lowest BCUT2D eigenvalue weighted by molar-refractivity contribution is -0.671. The normalized spacial score (nSPS) is 10.1. The molecule has 1 amide bonds. The lowest BCUT2D eigenvalue weighted by Crippen LogP contribution is -2.26. The van der Waals surface area contributed by atoms with Crippen LogP contribution in [0.15, 0.2) is 24.5 Å². The van der Waals surface area contributed by atoms with Gasteiger partial charge in [0.1, 0.15) is 17.1 Å². The second kappa shape index (κ2) is 4.59. The fourth-order valence-electron chi connectivity index (χ4n) is 1.32. The second-order valence-corrected chi connectivity index (χ2v) is 4.76. The number of carbonyl (C=O) groups excluding carboxylic acids is 1. The van der Waals surface area contributed by atoms with Crippen LogP contribution in [0.25, 0.3) is 11.3 Å². The third kappa shape index (κ3) is 2.20. The molecular weight excluding hydrogens is 246 g/mol. The molecule has 0 aromatic carbocycles. The number of nitrogens with zero attached hydrogens (tertiary/aromatic N) is 2. The number of thiazole rings is 1. The first-order valence-corrected chi connectivity index (χ1v) is 5.72. The van der Waals surface area contributed by atoms with Gasteiger partial charge in [0.05, 0.1) is 5.56 Å². The van der Waals surface area contributed by atoms with E-state index in [2.05, 4.69) is 10.3 Å². The molecule has 16 heavy (non-hydrogen) atoms. The standard InChI is InChI=1S/C10H8ClN3OS/c1-14-4-2-3-7(5-14)8-9(11)16-10(13-8)12-6-15/h2-6H,1H3/p+1. The molecule has 2 aromatic heterocycles. The van der Waals surface area contributed by atoms with Gasteiger partial charge in [-0.3, -0.25) is 4.79 Å². The first-order chi connectivity index (χ1) is 7.70. The summed E-state index contributed by atoms with van der Waals surface area (Å²) in [5, 5.41) is 2.99. The van der Waals surface area contributed by atoms with Crippen LogP contribution < -0.4 is 9.88 Å². The summed E-state index contributed by atoms with van der Waals surface area (Å²) in [5.41, 5.74) is 1.61. The smallest absolute Gasteiger partial charge is 0.213 e. The van der Waals surface area contributed by atoms with E-state index in [0.29, 0.717) is 21.6 Å². The van der Waals surface area contributed by atoms with Crippen LogP contribution in [0, 0.1) is 0 Å². The quantitative estimate of drug-likeness (QED) is 0.671. The maximum Gasteiger partial charge on any atom is 0.213 e. The fourth-order valence-corrected chi connectivity index (χ4v) is 2.36. The Bertz CT molecular complexity index is 527. The Morgan fingerprint density at radius 3 is 3.12 bits per heavy atom. The van der Waals surface area contributed by atoms with Crippen LogP contribution in [-0.2, 0) is 11.8 Å². The van der Waals surface area contributed by atoms with Crippen LogP contribution in [0.4, 0.5) is 5.13 Å². The van der Waals surface area contributed by atoms with Gasteiger partial charge in [0.15, 0.2) is 17.5 Å². The number of carbonyl (C=O) groups is 1. The number of hydrogen-bond acceptors (Lipinski definition) is 3. The Labute approximate surface area is 102 Å². The van der Waals surface area contributed by atoms with Gasteiger partial charge in [0.25, 0.3) is 0 Å². The van der Waals surface area contributed by atoms with Crippen molar-refractivity contribution in [2.75, 3.05) is 5.32 Å². The van der Waals surface area contributed by atoms with E-state index in [1.807, 2.05) is 36.1 Å². The van der Waals surface area contributed by atoms with Crippen molar-refractivity contribution in [2.45, 2.75) is 0 Å². The zero-order valence-electron chi connectivity index (χ0n) is 8.48. The van der Waals surface area contributed by atoms with Crippen LogP contribution in [0.2, 0.25) is 4.34 Å². The molecule has 82 valence electrons. The lowest BCUT2D eigenvalue weighted by Gasteiger charge is -1.94. The van der Waals surface area contributed by atoms with Crippen LogP contribution in [0.1, 0.15) is 0 Å². The molecule has 4 nitrogen and oxygen atoms in total. The molecule has 2 heterocycles. The summed E-state index contributed by atoms with van der Waals surface area (Å²) in [5.74, 6) is 0. The van der Waals surface area contributed by atoms with Gasteiger partial charge in [-0.2, -0.15) is 0 Å². The van der Waals surface area contributed by atoms with Gasteiger partial charge in [0, 0.05) is 6.07 Å². The molecule has 0 bridgehead atoms. The summed E-state index contributed by atoms with van der Waals surface area (Å²) in [6, 6.07) is 3.84. The van der Waals surface area contributed by atoms with Crippen LogP contribution >= 0.6 is 22.9 Å². The van der Waals surface area contributed by atoms with E-state index in [9.17, 15) is 4.79 Å². The number of aryl methyl sites for hydroxylation is 1. The van der Waals surface area contributed by atoms with Crippen LogP contribution in [-0.4, -0.2) is 11.4 Å². The number of hydrogen-bond donors (Lipinski definition) is 1. The maximum absolute atomic E-state index is 10.3. The molecule has 0 aliphatic rings. The summed E-state index contributed by atoms with van der Waals surface area (Å²) in [6.45, 7) is 0. The maximum atomic E-state index is 10.3. The molecule has 0 fully saturated rings. The Morgan fingerprint density at radius 1 is 1.62 bits per heavy atom. The van der Waals surface area contributed by atoms with Gasteiger partial charge < -0.3 is 5.32 Å². The average molecular weight is 255 g/mol. The molecule has 0 unspecified atom stereocenters. The van der Waals surface area contributed by atoms with Crippen molar-refractivity contribution in [1.82, 2.24) is 4.98 Å². The van der Waals surface area contributed by atoms with E-state index in [-0.39, 0.29) is 0 Å². The van der Waals surface area contributed by atoms with E-state index >= 15 is 0 Å². The largest absolute Gasteiger partial charge is 0.305 e. The van der Waals surface area contributed by atoms with E-state index in [4.69, 9.17) is 11.6 Å². The summed E-state index contributed by atoms with van der Waals surface area (Å²) < 4.78 is 2.48. The van der Waals surface area contributed by atoms with Gasteiger partial charge in [-0.1, -0.05) is 22.9 Å². The van der Waals surface area contributed by atoms with Gasteiger partial charge in [-0.15, -0.1) is 0 Å². The minimum atomic E-state index is 0.501. The van der Waals surface area contributed by atoms with E-state index in [1.54, 1.807) is 0 Å². The van der Waals surface area contributed by atoms with Crippen molar-refractivity contribution in [3.63, 3.8) is 0 Å². The zero-order valence-corrected chi connectivity index (χ0v) is 10.0. The van der Waals surface area contributed by atoms with Gasteiger partial charge in [-0.05, 0) is 6.07 Å². The number of aromatic nitrogens is 2. The summed E-state index contributed by atoms with van der Waals surface area (Å²) in [7, 11) is 1.92. The highest BCUT2D eigenvalue weighted by molar-refractivity contribution is 7.20. The average Bonchev–Trinajstić information content (AvgIpc) is 2.60. The highest BCUT2D eigenvalue weighted by Crippen LogP contribution is 2.34. The van der Waals surface area contributed by atoms with E-state index in [0.717, 1.165) is 5.56 Å². The lowest BCUT2D eigenvalue weighted by atomic mass is 10.2. The Kier molecular flexibility index (Phi) is 3.17. The van der Waals surface area contributed by atoms with Crippen molar-refractivity contribution in [2.24, 2.45) is 7.05 Å². The number of pyridine rings is 1. The fraction of sp³-hybridized carbons (Fsp3) is 0.100. The molecule has 0 aliphatic heterocycles. The number of anilines is 1. The van der Waals surface area contributed by atoms with Crippen molar-refractivity contribution in [3.05, 3.63) is 28.9 Å². The van der Waals surface area contributed by atoms with Crippen molar-refractivity contribution in [1.29, 1.82) is 0 Å². The summed E-state index contributed by atoms with van der Waals surface area (Å²) in [4.78, 5) is 14.5. The number of halogens is 1. The monoisotopic (exact) mass is 254 g/mol. The van der Waals surface area contributed by atoms with E-state index in [1.165, 1.54) is 11.3 Å².